The number of hydrogen-bond donors (Lipinski definition) is 0. The molecule has 0 aliphatic rings. The molecule has 0 amide bonds. The second kappa shape index (κ2) is 6.79. The first kappa shape index (κ1) is 14.2. The van der Waals surface area contributed by atoms with Crippen LogP contribution in [0.5, 0.6) is 0 Å². The van der Waals surface area contributed by atoms with Gasteiger partial charge < -0.3 is 9.47 Å². The fourth-order valence-electron chi connectivity index (χ4n) is 1.61. The third kappa shape index (κ3) is 4.99. The lowest BCUT2D eigenvalue weighted by Gasteiger charge is -2.12. The van der Waals surface area contributed by atoms with Crippen molar-refractivity contribution in [2.45, 2.75) is 39.9 Å². The Labute approximate surface area is 107 Å². The summed E-state index contributed by atoms with van der Waals surface area (Å²) in [4.78, 5) is 22.3. The molecule has 0 heterocycles. The Balaban J connectivity index is 2.51. The van der Waals surface area contributed by atoms with Crippen molar-refractivity contribution >= 4 is 11.9 Å². The summed E-state index contributed by atoms with van der Waals surface area (Å²) in [6.45, 7) is 4.84. The maximum absolute atomic E-state index is 11.6. The number of esters is 2. The molecule has 4 nitrogen and oxygen atoms in total. The molecule has 1 atom stereocenters. The summed E-state index contributed by atoms with van der Waals surface area (Å²) in [5, 5.41) is 0. The normalized spacial score (nSPS) is 11.7. The lowest BCUT2D eigenvalue weighted by atomic mass is 10.1. The molecular formula is C14H18O4. The SMILES string of the molecule is CCc1cccc(CC(=O)OC(C)OC(C)=O)c1. The molecule has 0 aliphatic heterocycles. The van der Waals surface area contributed by atoms with Gasteiger partial charge in [-0.05, 0) is 17.5 Å². The Morgan fingerprint density at radius 3 is 2.50 bits per heavy atom. The van der Waals surface area contributed by atoms with Gasteiger partial charge in [0.15, 0.2) is 0 Å². The van der Waals surface area contributed by atoms with E-state index in [2.05, 4.69) is 6.92 Å². The van der Waals surface area contributed by atoms with E-state index in [9.17, 15) is 9.59 Å². The smallest absolute Gasteiger partial charge is 0.313 e. The second-order valence-corrected chi connectivity index (χ2v) is 4.02. The molecule has 0 saturated carbocycles. The summed E-state index contributed by atoms with van der Waals surface area (Å²) in [5.74, 6) is -0.875. The Morgan fingerprint density at radius 1 is 1.22 bits per heavy atom. The average Bonchev–Trinajstić information content (AvgIpc) is 2.27. The van der Waals surface area contributed by atoms with Crippen LogP contribution >= 0.6 is 0 Å². The van der Waals surface area contributed by atoms with Crippen LogP contribution < -0.4 is 0 Å². The van der Waals surface area contributed by atoms with Gasteiger partial charge in [-0.2, -0.15) is 0 Å². The molecule has 98 valence electrons. The van der Waals surface area contributed by atoms with E-state index in [4.69, 9.17) is 9.47 Å². The van der Waals surface area contributed by atoms with Crippen molar-refractivity contribution in [1.29, 1.82) is 0 Å². The molecule has 1 aromatic rings. The van der Waals surface area contributed by atoms with Crippen LogP contribution in [-0.2, 0) is 31.9 Å². The minimum atomic E-state index is -0.843. The summed E-state index contributed by atoms with van der Waals surface area (Å²) in [6.07, 6.45) is 0.260. The van der Waals surface area contributed by atoms with E-state index in [1.807, 2.05) is 24.3 Å². The van der Waals surface area contributed by atoms with Crippen LogP contribution in [0.1, 0.15) is 31.9 Å². The number of carbonyl (C=O) groups excluding carboxylic acids is 2. The number of ether oxygens (including phenoxy) is 2. The molecule has 0 aliphatic carbocycles. The van der Waals surface area contributed by atoms with E-state index in [0.29, 0.717) is 0 Å². The summed E-state index contributed by atoms with van der Waals surface area (Å²) in [6, 6.07) is 7.77. The number of aryl methyl sites for hydroxylation is 1. The maximum atomic E-state index is 11.6. The van der Waals surface area contributed by atoms with Crippen molar-refractivity contribution in [3.05, 3.63) is 35.4 Å². The molecule has 1 unspecified atom stereocenters. The summed E-state index contributed by atoms with van der Waals surface area (Å²) < 4.78 is 9.68. The van der Waals surface area contributed by atoms with E-state index in [0.717, 1.165) is 12.0 Å². The number of benzene rings is 1. The van der Waals surface area contributed by atoms with Crippen LogP contribution in [0.3, 0.4) is 0 Å². The van der Waals surface area contributed by atoms with Crippen LogP contribution in [0.2, 0.25) is 0 Å². The highest BCUT2D eigenvalue weighted by Gasteiger charge is 2.12. The van der Waals surface area contributed by atoms with Gasteiger partial charge in [0.05, 0.1) is 6.42 Å². The van der Waals surface area contributed by atoms with Crippen molar-refractivity contribution in [1.82, 2.24) is 0 Å². The first-order valence-electron chi connectivity index (χ1n) is 5.95. The average molecular weight is 250 g/mol. The minimum absolute atomic E-state index is 0.180. The van der Waals surface area contributed by atoms with Gasteiger partial charge >= 0.3 is 11.9 Å². The van der Waals surface area contributed by atoms with E-state index in [-0.39, 0.29) is 6.42 Å². The fourth-order valence-corrected chi connectivity index (χ4v) is 1.61. The second-order valence-electron chi connectivity index (χ2n) is 4.02. The molecule has 18 heavy (non-hydrogen) atoms. The standard InChI is InChI=1S/C14H18O4/c1-4-12-6-5-7-13(8-12)9-14(16)18-11(3)17-10(2)15/h5-8,11H,4,9H2,1-3H3. The van der Waals surface area contributed by atoms with E-state index >= 15 is 0 Å². The Bertz CT molecular complexity index is 426. The summed E-state index contributed by atoms with van der Waals surface area (Å²) in [5.41, 5.74) is 2.07. The molecule has 0 N–H and O–H groups in total. The highest BCUT2D eigenvalue weighted by molar-refractivity contribution is 5.73. The van der Waals surface area contributed by atoms with E-state index in [1.54, 1.807) is 0 Å². The molecule has 1 rings (SSSR count). The van der Waals surface area contributed by atoms with Gasteiger partial charge in [0.1, 0.15) is 0 Å². The molecule has 0 radical (unpaired) electrons. The molecule has 4 heteroatoms. The summed E-state index contributed by atoms with van der Waals surface area (Å²) >= 11 is 0. The summed E-state index contributed by atoms with van der Waals surface area (Å²) in [7, 11) is 0. The van der Waals surface area contributed by atoms with Gasteiger partial charge in [0.2, 0.25) is 6.29 Å². The zero-order valence-corrected chi connectivity index (χ0v) is 10.9. The topological polar surface area (TPSA) is 52.6 Å². The lowest BCUT2D eigenvalue weighted by molar-refractivity contribution is -0.182. The molecule has 0 fully saturated rings. The third-order valence-electron chi connectivity index (χ3n) is 2.38. The van der Waals surface area contributed by atoms with Crippen LogP contribution in [0.25, 0.3) is 0 Å². The Kier molecular flexibility index (Phi) is 5.36. The molecule has 0 bridgehead atoms. The van der Waals surface area contributed by atoms with Crippen molar-refractivity contribution in [3.63, 3.8) is 0 Å². The number of carbonyl (C=O) groups is 2. The van der Waals surface area contributed by atoms with Crippen molar-refractivity contribution < 1.29 is 19.1 Å². The predicted molar refractivity (Wildman–Crippen MR) is 66.8 cm³/mol. The van der Waals surface area contributed by atoms with Crippen molar-refractivity contribution in [3.8, 4) is 0 Å². The fraction of sp³-hybridized carbons (Fsp3) is 0.429. The van der Waals surface area contributed by atoms with Gasteiger partial charge in [-0.1, -0.05) is 31.2 Å². The third-order valence-corrected chi connectivity index (χ3v) is 2.38. The molecule has 0 saturated heterocycles. The van der Waals surface area contributed by atoms with Crippen molar-refractivity contribution in [2.75, 3.05) is 0 Å². The molecular weight excluding hydrogens is 232 g/mol. The zero-order chi connectivity index (χ0) is 13.5. The Morgan fingerprint density at radius 2 is 1.89 bits per heavy atom. The van der Waals surface area contributed by atoms with Gasteiger partial charge in [0, 0.05) is 13.8 Å². The minimum Gasteiger partial charge on any atom is -0.426 e. The van der Waals surface area contributed by atoms with E-state index < -0.39 is 18.2 Å². The van der Waals surface area contributed by atoms with Crippen LogP contribution in [0.4, 0.5) is 0 Å². The molecule has 1 aromatic carbocycles. The highest BCUT2D eigenvalue weighted by atomic mass is 16.7. The Hall–Kier alpha value is -1.84. The molecule has 0 spiro atoms. The maximum Gasteiger partial charge on any atom is 0.313 e. The number of hydrogen-bond acceptors (Lipinski definition) is 4. The largest absolute Gasteiger partial charge is 0.426 e. The highest BCUT2D eigenvalue weighted by Crippen LogP contribution is 2.08. The number of rotatable bonds is 5. The lowest BCUT2D eigenvalue weighted by Crippen LogP contribution is -2.21. The van der Waals surface area contributed by atoms with Crippen molar-refractivity contribution in [2.24, 2.45) is 0 Å². The van der Waals surface area contributed by atoms with Gasteiger partial charge in [-0.15, -0.1) is 0 Å². The van der Waals surface area contributed by atoms with Gasteiger partial charge in [0.25, 0.3) is 0 Å². The molecule has 0 aromatic heterocycles. The van der Waals surface area contributed by atoms with Crippen LogP contribution in [0.15, 0.2) is 24.3 Å². The zero-order valence-electron chi connectivity index (χ0n) is 10.9. The van der Waals surface area contributed by atoms with Gasteiger partial charge in [-0.25, -0.2) is 0 Å². The predicted octanol–water partition coefficient (Wildman–Crippen LogP) is 2.24. The quantitative estimate of drug-likeness (QED) is 0.594. The first-order valence-corrected chi connectivity index (χ1v) is 5.95. The van der Waals surface area contributed by atoms with Crippen LogP contribution in [-0.4, -0.2) is 18.2 Å². The van der Waals surface area contributed by atoms with Crippen LogP contribution in [0, 0.1) is 0 Å². The van der Waals surface area contributed by atoms with Gasteiger partial charge in [-0.3, -0.25) is 9.59 Å². The first-order chi connectivity index (χ1) is 8.51. The van der Waals surface area contributed by atoms with E-state index in [1.165, 1.54) is 19.4 Å². The monoisotopic (exact) mass is 250 g/mol.